The highest BCUT2D eigenvalue weighted by Gasteiger charge is 2.25. The van der Waals surface area contributed by atoms with Gasteiger partial charge in [-0.25, -0.2) is 0 Å². The molecule has 3 heteroatoms. The van der Waals surface area contributed by atoms with Gasteiger partial charge in [-0.2, -0.15) is 5.26 Å². The van der Waals surface area contributed by atoms with E-state index in [0.717, 1.165) is 17.4 Å². The number of hydrogen-bond acceptors (Lipinski definition) is 3. The number of ether oxygens (including phenoxy) is 1. The van der Waals surface area contributed by atoms with Gasteiger partial charge >= 0.3 is 0 Å². The fraction of sp³-hybridized carbons (Fsp3) is 0.562. The number of benzene rings is 1. The van der Waals surface area contributed by atoms with E-state index in [2.05, 4.69) is 25.2 Å². The summed E-state index contributed by atoms with van der Waals surface area (Å²) < 4.78 is 5.38. The SMILES string of the molecule is COc1cc(C#N)ccc1NC1CC(C)CCC1C. The van der Waals surface area contributed by atoms with Crippen LogP contribution in [0.4, 0.5) is 5.69 Å². The predicted octanol–water partition coefficient (Wildman–Crippen LogP) is 3.80. The van der Waals surface area contributed by atoms with Crippen molar-refractivity contribution in [3.05, 3.63) is 23.8 Å². The van der Waals surface area contributed by atoms with Crippen LogP contribution in [0.25, 0.3) is 0 Å². The topological polar surface area (TPSA) is 45.0 Å². The zero-order valence-electron chi connectivity index (χ0n) is 11.9. The van der Waals surface area contributed by atoms with Crippen molar-refractivity contribution in [1.82, 2.24) is 0 Å². The summed E-state index contributed by atoms with van der Waals surface area (Å²) in [5.41, 5.74) is 1.62. The number of nitrogens with one attached hydrogen (secondary N) is 1. The molecule has 1 aromatic carbocycles. The molecule has 1 N–H and O–H groups in total. The first-order chi connectivity index (χ1) is 9.13. The molecule has 1 aliphatic carbocycles. The first-order valence-corrected chi connectivity index (χ1v) is 6.98. The van der Waals surface area contributed by atoms with Crippen LogP contribution in [-0.4, -0.2) is 13.2 Å². The van der Waals surface area contributed by atoms with Crippen molar-refractivity contribution in [3.63, 3.8) is 0 Å². The Morgan fingerprint density at radius 2 is 2.11 bits per heavy atom. The van der Waals surface area contributed by atoms with Crippen LogP contribution < -0.4 is 10.1 Å². The third-order valence-corrected chi connectivity index (χ3v) is 4.13. The lowest BCUT2D eigenvalue weighted by atomic mass is 9.80. The summed E-state index contributed by atoms with van der Waals surface area (Å²) in [5.74, 6) is 2.21. The molecule has 0 radical (unpaired) electrons. The number of anilines is 1. The van der Waals surface area contributed by atoms with Crippen molar-refractivity contribution < 1.29 is 4.74 Å². The van der Waals surface area contributed by atoms with E-state index in [1.54, 1.807) is 13.2 Å². The van der Waals surface area contributed by atoms with Gasteiger partial charge in [-0.1, -0.05) is 20.3 Å². The fourth-order valence-electron chi connectivity index (χ4n) is 2.81. The molecule has 3 atom stereocenters. The molecule has 19 heavy (non-hydrogen) atoms. The number of methoxy groups -OCH3 is 1. The highest BCUT2D eigenvalue weighted by molar-refractivity contribution is 5.60. The zero-order chi connectivity index (χ0) is 13.8. The molecule has 1 aliphatic rings. The van der Waals surface area contributed by atoms with Crippen LogP contribution in [0.1, 0.15) is 38.7 Å². The van der Waals surface area contributed by atoms with Crippen LogP contribution in [0.15, 0.2) is 18.2 Å². The number of nitriles is 1. The highest BCUT2D eigenvalue weighted by atomic mass is 16.5. The molecule has 0 aliphatic heterocycles. The van der Waals surface area contributed by atoms with Crippen LogP contribution >= 0.6 is 0 Å². The van der Waals surface area contributed by atoms with Gasteiger partial charge < -0.3 is 10.1 Å². The lowest BCUT2D eigenvalue weighted by Crippen LogP contribution is -2.33. The Balaban J connectivity index is 2.16. The Kier molecular flexibility index (Phi) is 4.31. The van der Waals surface area contributed by atoms with Gasteiger partial charge in [-0.3, -0.25) is 0 Å². The second-order valence-electron chi connectivity index (χ2n) is 5.67. The molecule has 0 heterocycles. The van der Waals surface area contributed by atoms with Crippen molar-refractivity contribution in [2.75, 3.05) is 12.4 Å². The predicted molar refractivity (Wildman–Crippen MR) is 77.3 cm³/mol. The largest absolute Gasteiger partial charge is 0.495 e. The van der Waals surface area contributed by atoms with Gasteiger partial charge in [0.05, 0.1) is 24.4 Å². The van der Waals surface area contributed by atoms with Gasteiger partial charge in [0.2, 0.25) is 0 Å². The van der Waals surface area contributed by atoms with E-state index in [1.807, 2.05) is 12.1 Å². The summed E-state index contributed by atoms with van der Waals surface area (Å²) in [7, 11) is 1.65. The van der Waals surface area contributed by atoms with E-state index >= 15 is 0 Å². The number of nitrogens with zero attached hydrogens (tertiary/aromatic N) is 1. The molecule has 2 rings (SSSR count). The van der Waals surface area contributed by atoms with E-state index in [1.165, 1.54) is 19.3 Å². The molecule has 1 fully saturated rings. The summed E-state index contributed by atoms with van der Waals surface area (Å²) in [5, 5.41) is 12.5. The Labute approximate surface area is 115 Å². The minimum absolute atomic E-state index is 0.491. The summed E-state index contributed by atoms with van der Waals surface area (Å²) >= 11 is 0. The average Bonchev–Trinajstić information content (AvgIpc) is 2.43. The van der Waals surface area contributed by atoms with Gasteiger partial charge in [0.1, 0.15) is 5.75 Å². The van der Waals surface area contributed by atoms with Crippen molar-refractivity contribution in [2.24, 2.45) is 11.8 Å². The summed E-state index contributed by atoms with van der Waals surface area (Å²) in [6, 6.07) is 8.21. The second-order valence-corrected chi connectivity index (χ2v) is 5.67. The first-order valence-electron chi connectivity index (χ1n) is 6.98. The van der Waals surface area contributed by atoms with Crippen LogP contribution in [0, 0.1) is 23.2 Å². The molecule has 0 saturated heterocycles. The quantitative estimate of drug-likeness (QED) is 0.896. The summed E-state index contributed by atoms with van der Waals surface area (Å²) in [6.07, 6.45) is 3.80. The van der Waals surface area contributed by atoms with E-state index in [0.29, 0.717) is 17.5 Å². The molecule has 1 saturated carbocycles. The van der Waals surface area contributed by atoms with E-state index in [-0.39, 0.29) is 0 Å². The van der Waals surface area contributed by atoms with Gasteiger partial charge in [-0.05, 0) is 36.8 Å². The van der Waals surface area contributed by atoms with Gasteiger partial charge in [-0.15, -0.1) is 0 Å². The van der Waals surface area contributed by atoms with E-state index in [9.17, 15) is 0 Å². The van der Waals surface area contributed by atoms with Gasteiger partial charge in [0.25, 0.3) is 0 Å². The molecular formula is C16H22N2O. The maximum Gasteiger partial charge on any atom is 0.143 e. The maximum absolute atomic E-state index is 8.92. The maximum atomic E-state index is 8.92. The Morgan fingerprint density at radius 3 is 2.79 bits per heavy atom. The second kappa shape index (κ2) is 5.97. The van der Waals surface area contributed by atoms with Crippen LogP contribution in [0.5, 0.6) is 5.75 Å². The lowest BCUT2D eigenvalue weighted by molar-refractivity contribution is 0.280. The minimum Gasteiger partial charge on any atom is -0.495 e. The first kappa shape index (κ1) is 13.7. The molecule has 0 spiro atoms. The average molecular weight is 258 g/mol. The number of rotatable bonds is 3. The van der Waals surface area contributed by atoms with Gasteiger partial charge in [0.15, 0.2) is 0 Å². The molecule has 3 nitrogen and oxygen atoms in total. The third-order valence-electron chi connectivity index (χ3n) is 4.13. The van der Waals surface area contributed by atoms with E-state index in [4.69, 9.17) is 10.00 Å². The standard InChI is InChI=1S/C16H22N2O/c1-11-4-5-12(2)15(8-11)18-14-7-6-13(10-17)9-16(14)19-3/h6-7,9,11-12,15,18H,4-5,8H2,1-3H3. The highest BCUT2D eigenvalue weighted by Crippen LogP contribution is 2.33. The monoisotopic (exact) mass is 258 g/mol. The fourth-order valence-corrected chi connectivity index (χ4v) is 2.81. The van der Waals surface area contributed by atoms with Crippen molar-refractivity contribution in [3.8, 4) is 11.8 Å². The molecule has 102 valence electrons. The van der Waals surface area contributed by atoms with Crippen LogP contribution in [0.2, 0.25) is 0 Å². The molecular weight excluding hydrogens is 236 g/mol. The van der Waals surface area contributed by atoms with Crippen molar-refractivity contribution >= 4 is 5.69 Å². The minimum atomic E-state index is 0.491. The smallest absolute Gasteiger partial charge is 0.143 e. The molecule has 0 aromatic heterocycles. The molecule has 0 bridgehead atoms. The Bertz CT molecular complexity index is 478. The van der Waals surface area contributed by atoms with Crippen molar-refractivity contribution in [1.29, 1.82) is 5.26 Å². The Hall–Kier alpha value is -1.69. The Morgan fingerprint density at radius 1 is 1.32 bits per heavy atom. The molecule has 1 aromatic rings. The molecule has 0 amide bonds. The lowest BCUT2D eigenvalue weighted by Gasteiger charge is -2.34. The third kappa shape index (κ3) is 3.20. The van der Waals surface area contributed by atoms with E-state index < -0.39 is 0 Å². The van der Waals surface area contributed by atoms with Crippen LogP contribution in [0.3, 0.4) is 0 Å². The summed E-state index contributed by atoms with van der Waals surface area (Å²) in [6.45, 7) is 4.62. The number of hydrogen-bond donors (Lipinski definition) is 1. The zero-order valence-corrected chi connectivity index (χ0v) is 11.9. The van der Waals surface area contributed by atoms with Crippen molar-refractivity contribution in [2.45, 2.75) is 39.2 Å². The molecule has 3 unspecified atom stereocenters. The van der Waals surface area contributed by atoms with Gasteiger partial charge in [0, 0.05) is 12.1 Å². The summed E-state index contributed by atoms with van der Waals surface area (Å²) in [4.78, 5) is 0. The van der Waals surface area contributed by atoms with Crippen LogP contribution in [-0.2, 0) is 0 Å². The normalized spacial score (nSPS) is 26.5.